The number of likely N-dealkylation sites (tertiary alicyclic amines) is 1. The summed E-state index contributed by atoms with van der Waals surface area (Å²) in [5.41, 5.74) is 7.32. The zero-order chi connectivity index (χ0) is 15.3. The quantitative estimate of drug-likeness (QED) is 0.875. The van der Waals surface area contributed by atoms with Gasteiger partial charge in [-0.25, -0.2) is 0 Å². The Balaban J connectivity index is 2.13. The first kappa shape index (κ1) is 15.8. The molecule has 2 rings (SSSR count). The summed E-state index contributed by atoms with van der Waals surface area (Å²) in [6.45, 7) is 7.33. The Labute approximate surface area is 127 Å². The molecule has 1 aliphatic heterocycles. The van der Waals surface area contributed by atoms with Gasteiger partial charge in [-0.15, -0.1) is 0 Å². The number of rotatable bonds is 5. The minimum Gasteiger partial charge on any atom is -0.371 e. The highest BCUT2D eigenvalue weighted by Crippen LogP contribution is 2.27. The molecular formula is C17H27N3O. The molecule has 1 saturated heterocycles. The van der Waals surface area contributed by atoms with Crippen LogP contribution in [-0.4, -0.2) is 36.0 Å². The zero-order valence-electron chi connectivity index (χ0n) is 13.2. The van der Waals surface area contributed by atoms with Crippen molar-refractivity contribution in [3.05, 3.63) is 29.8 Å². The highest BCUT2D eigenvalue weighted by Gasteiger charge is 2.38. The highest BCUT2D eigenvalue weighted by molar-refractivity contribution is 5.88. The van der Waals surface area contributed by atoms with E-state index < -0.39 is 5.54 Å². The summed E-state index contributed by atoms with van der Waals surface area (Å²) in [4.78, 5) is 14.5. The third kappa shape index (κ3) is 3.97. The monoisotopic (exact) mass is 289 g/mol. The van der Waals surface area contributed by atoms with Crippen molar-refractivity contribution in [2.24, 2.45) is 5.73 Å². The molecule has 0 aromatic heterocycles. The molecule has 0 saturated carbocycles. The third-order valence-electron chi connectivity index (χ3n) is 4.38. The number of nitrogens with zero attached hydrogens (tertiary/aromatic N) is 1. The zero-order valence-corrected chi connectivity index (χ0v) is 13.2. The van der Waals surface area contributed by atoms with E-state index in [1.54, 1.807) is 0 Å². The Kier molecular flexibility index (Phi) is 5.23. The summed E-state index contributed by atoms with van der Waals surface area (Å²) in [6.07, 6.45) is 3.73. The third-order valence-corrected chi connectivity index (χ3v) is 4.38. The largest absolute Gasteiger partial charge is 0.371 e. The SMILES string of the molecule is CCCN1CCCC(Nc2ccc(C)cc2)(C(N)=O)CC1. The van der Waals surface area contributed by atoms with Gasteiger partial charge < -0.3 is 16.0 Å². The van der Waals surface area contributed by atoms with Gasteiger partial charge >= 0.3 is 0 Å². The van der Waals surface area contributed by atoms with Crippen molar-refractivity contribution in [2.45, 2.75) is 45.1 Å². The van der Waals surface area contributed by atoms with E-state index in [9.17, 15) is 4.79 Å². The Bertz CT molecular complexity index is 471. The van der Waals surface area contributed by atoms with E-state index in [0.29, 0.717) is 0 Å². The normalized spacial score (nSPS) is 23.5. The molecule has 1 aliphatic rings. The van der Waals surface area contributed by atoms with Gasteiger partial charge in [0.15, 0.2) is 0 Å². The van der Waals surface area contributed by atoms with Gasteiger partial charge in [0.1, 0.15) is 5.54 Å². The minimum atomic E-state index is -0.613. The van der Waals surface area contributed by atoms with Crippen LogP contribution in [0.1, 0.15) is 38.2 Å². The lowest BCUT2D eigenvalue weighted by Gasteiger charge is -2.32. The molecule has 1 fully saturated rings. The lowest BCUT2D eigenvalue weighted by molar-refractivity contribution is -0.122. The van der Waals surface area contributed by atoms with Gasteiger partial charge in [0, 0.05) is 12.2 Å². The standard InChI is InChI=1S/C17H27N3O/c1-3-11-20-12-4-9-17(10-13-20,16(18)21)19-15-7-5-14(2)6-8-15/h5-8,19H,3-4,9-13H2,1-2H3,(H2,18,21). The van der Waals surface area contributed by atoms with Crippen molar-refractivity contribution in [2.75, 3.05) is 25.0 Å². The molecule has 0 radical (unpaired) electrons. The number of anilines is 1. The topological polar surface area (TPSA) is 58.4 Å². The van der Waals surface area contributed by atoms with Gasteiger partial charge in [0.2, 0.25) is 5.91 Å². The van der Waals surface area contributed by atoms with Crippen LogP contribution in [0.4, 0.5) is 5.69 Å². The molecule has 116 valence electrons. The van der Waals surface area contributed by atoms with Gasteiger partial charge in [-0.1, -0.05) is 24.6 Å². The van der Waals surface area contributed by atoms with Crippen molar-refractivity contribution < 1.29 is 4.79 Å². The van der Waals surface area contributed by atoms with Crippen LogP contribution >= 0.6 is 0 Å². The number of carbonyl (C=O) groups is 1. The number of hydrogen-bond donors (Lipinski definition) is 2. The van der Waals surface area contributed by atoms with E-state index in [1.165, 1.54) is 5.56 Å². The Morgan fingerprint density at radius 2 is 2.00 bits per heavy atom. The number of primary amides is 1. The number of hydrogen-bond acceptors (Lipinski definition) is 3. The van der Waals surface area contributed by atoms with Crippen LogP contribution in [0.3, 0.4) is 0 Å². The number of benzene rings is 1. The molecule has 1 aromatic rings. The molecule has 1 atom stereocenters. The first-order valence-electron chi connectivity index (χ1n) is 7.93. The lowest BCUT2D eigenvalue weighted by atomic mass is 9.89. The summed E-state index contributed by atoms with van der Waals surface area (Å²) >= 11 is 0. The molecule has 1 aromatic carbocycles. The van der Waals surface area contributed by atoms with Crippen molar-refractivity contribution in [3.63, 3.8) is 0 Å². The van der Waals surface area contributed by atoms with Gasteiger partial charge in [0.25, 0.3) is 0 Å². The molecule has 0 aliphatic carbocycles. The summed E-state index contributed by atoms with van der Waals surface area (Å²) in [6, 6.07) is 8.15. The van der Waals surface area contributed by atoms with Gasteiger partial charge in [-0.2, -0.15) is 0 Å². The van der Waals surface area contributed by atoms with Crippen LogP contribution < -0.4 is 11.1 Å². The maximum atomic E-state index is 12.1. The fraction of sp³-hybridized carbons (Fsp3) is 0.588. The molecule has 1 heterocycles. The average molecular weight is 289 g/mol. The van der Waals surface area contributed by atoms with E-state index in [1.807, 2.05) is 12.1 Å². The number of carbonyl (C=O) groups excluding carboxylic acids is 1. The molecule has 1 amide bonds. The van der Waals surface area contributed by atoms with Crippen molar-refractivity contribution in [3.8, 4) is 0 Å². The van der Waals surface area contributed by atoms with Crippen molar-refractivity contribution in [1.29, 1.82) is 0 Å². The summed E-state index contributed by atoms with van der Waals surface area (Å²) < 4.78 is 0. The van der Waals surface area contributed by atoms with Crippen LogP contribution in [0.15, 0.2) is 24.3 Å². The molecule has 4 nitrogen and oxygen atoms in total. The molecular weight excluding hydrogens is 262 g/mol. The van der Waals surface area contributed by atoms with E-state index in [2.05, 4.69) is 36.2 Å². The number of nitrogens with two attached hydrogens (primary N) is 1. The van der Waals surface area contributed by atoms with E-state index in [-0.39, 0.29) is 5.91 Å². The molecule has 21 heavy (non-hydrogen) atoms. The number of amides is 1. The predicted octanol–water partition coefficient (Wildman–Crippen LogP) is 2.53. The van der Waals surface area contributed by atoms with E-state index >= 15 is 0 Å². The van der Waals surface area contributed by atoms with Crippen LogP contribution in [0.2, 0.25) is 0 Å². The predicted molar refractivity (Wildman–Crippen MR) is 87.3 cm³/mol. The number of aryl methyl sites for hydroxylation is 1. The van der Waals surface area contributed by atoms with Gasteiger partial charge in [0.05, 0.1) is 0 Å². The second kappa shape index (κ2) is 6.94. The van der Waals surface area contributed by atoms with Crippen molar-refractivity contribution >= 4 is 11.6 Å². The molecule has 1 unspecified atom stereocenters. The second-order valence-corrected chi connectivity index (χ2v) is 6.13. The molecule has 4 heteroatoms. The lowest BCUT2D eigenvalue weighted by Crippen LogP contribution is -2.51. The first-order chi connectivity index (χ1) is 10.1. The summed E-state index contributed by atoms with van der Waals surface area (Å²) in [7, 11) is 0. The Morgan fingerprint density at radius 3 is 2.62 bits per heavy atom. The minimum absolute atomic E-state index is 0.235. The second-order valence-electron chi connectivity index (χ2n) is 6.13. The highest BCUT2D eigenvalue weighted by atomic mass is 16.1. The fourth-order valence-corrected chi connectivity index (χ4v) is 3.08. The maximum absolute atomic E-state index is 12.1. The Hall–Kier alpha value is -1.55. The molecule has 0 bridgehead atoms. The summed E-state index contributed by atoms with van der Waals surface area (Å²) in [5, 5.41) is 3.42. The van der Waals surface area contributed by atoms with Crippen LogP contribution in [0.25, 0.3) is 0 Å². The smallest absolute Gasteiger partial charge is 0.243 e. The van der Waals surface area contributed by atoms with Crippen LogP contribution in [0, 0.1) is 6.92 Å². The van der Waals surface area contributed by atoms with Crippen molar-refractivity contribution in [1.82, 2.24) is 4.90 Å². The molecule has 3 N–H and O–H groups in total. The van der Waals surface area contributed by atoms with Gasteiger partial charge in [-0.05, 0) is 57.8 Å². The van der Waals surface area contributed by atoms with Crippen LogP contribution in [-0.2, 0) is 4.79 Å². The average Bonchev–Trinajstić information content (AvgIpc) is 2.66. The van der Waals surface area contributed by atoms with E-state index in [4.69, 9.17) is 5.73 Å². The molecule has 0 spiro atoms. The summed E-state index contributed by atoms with van der Waals surface area (Å²) in [5.74, 6) is -0.235. The van der Waals surface area contributed by atoms with Crippen LogP contribution in [0.5, 0.6) is 0 Å². The fourth-order valence-electron chi connectivity index (χ4n) is 3.08. The maximum Gasteiger partial charge on any atom is 0.243 e. The van der Waals surface area contributed by atoms with E-state index in [0.717, 1.165) is 51.0 Å². The first-order valence-corrected chi connectivity index (χ1v) is 7.93. The number of nitrogens with one attached hydrogen (secondary N) is 1. The Morgan fingerprint density at radius 1 is 1.29 bits per heavy atom. The van der Waals surface area contributed by atoms with Gasteiger partial charge in [-0.3, -0.25) is 4.79 Å².